The van der Waals surface area contributed by atoms with Crippen LogP contribution in [0, 0.1) is 0 Å². The molecule has 0 atom stereocenters. The van der Waals surface area contributed by atoms with Crippen LogP contribution in [0.5, 0.6) is 0 Å². The van der Waals surface area contributed by atoms with Crippen LogP contribution in [0.1, 0.15) is 49.3 Å². The molecule has 1 aromatic heterocycles. The average Bonchev–Trinajstić information content (AvgIpc) is 2.49. The van der Waals surface area contributed by atoms with E-state index in [0.717, 1.165) is 12.8 Å². The summed E-state index contributed by atoms with van der Waals surface area (Å²) in [5.41, 5.74) is 0. The highest BCUT2D eigenvalue weighted by Gasteiger charge is 2.23. The number of aromatic nitrogens is 4. The molecular formula is C8H12N4O. The van der Waals surface area contributed by atoms with Crippen LogP contribution in [-0.2, 0) is 0 Å². The average molecular weight is 180 g/mol. The van der Waals surface area contributed by atoms with Crippen LogP contribution in [0.4, 0.5) is 0 Å². The van der Waals surface area contributed by atoms with Gasteiger partial charge in [-0.15, -0.1) is 10.2 Å². The third kappa shape index (κ3) is 1.46. The highest BCUT2D eigenvalue weighted by molar-refractivity contribution is 5.91. The van der Waals surface area contributed by atoms with Crippen LogP contribution in [0.2, 0.25) is 0 Å². The zero-order valence-corrected chi connectivity index (χ0v) is 7.60. The molecule has 0 aromatic carbocycles. The monoisotopic (exact) mass is 180 g/mol. The van der Waals surface area contributed by atoms with Gasteiger partial charge in [-0.2, -0.15) is 4.80 Å². The molecule has 0 radical (unpaired) electrons. The van der Waals surface area contributed by atoms with Gasteiger partial charge in [-0.05, 0) is 24.5 Å². The van der Waals surface area contributed by atoms with Crippen molar-refractivity contribution in [2.45, 2.75) is 38.6 Å². The SMILES string of the molecule is CCC(=O)c1nnn(C2CCC2)n1. The number of carbonyl (C=O) groups excluding carboxylic acids is 1. The molecule has 1 heterocycles. The number of rotatable bonds is 3. The Balaban J connectivity index is 2.12. The van der Waals surface area contributed by atoms with Gasteiger partial charge in [0.2, 0.25) is 11.6 Å². The second-order valence-electron chi connectivity index (χ2n) is 3.29. The first-order valence-electron chi connectivity index (χ1n) is 4.64. The van der Waals surface area contributed by atoms with Crippen LogP contribution < -0.4 is 0 Å². The lowest BCUT2D eigenvalue weighted by molar-refractivity contribution is 0.0977. The van der Waals surface area contributed by atoms with Gasteiger partial charge in [-0.25, -0.2) is 0 Å². The van der Waals surface area contributed by atoms with Crippen LogP contribution in [0.3, 0.4) is 0 Å². The number of Topliss-reactive ketones (excluding diaryl/α,β-unsaturated/α-hetero) is 1. The fraction of sp³-hybridized carbons (Fsp3) is 0.750. The topological polar surface area (TPSA) is 60.7 Å². The summed E-state index contributed by atoms with van der Waals surface area (Å²) in [5, 5.41) is 11.6. The molecule has 1 aliphatic carbocycles. The van der Waals surface area contributed by atoms with E-state index >= 15 is 0 Å². The lowest BCUT2D eigenvalue weighted by Gasteiger charge is -2.22. The molecule has 0 saturated heterocycles. The molecule has 1 aliphatic rings. The molecule has 0 N–H and O–H groups in total. The fourth-order valence-corrected chi connectivity index (χ4v) is 1.27. The van der Waals surface area contributed by atoms with Crippen LogP contribution in [-0.4, -0.2) is 26.0 Å². The molecule has 70 valence electrons. The Morgan fingerprint density at radius 2 is 2.38 bits per heavy atom. The Morgan fingerprint density at radius 3 is 2.92 bits per heavy atom. The van der Waals surface area contributed by atoms with Crippen molar-refractivity contribution in [3.05, 3.63) is 5.82 Å². The number of tetrazole rings is 1. The molecule has 0 unspecified atom stereocenters. The lowest BCUT2D eigenvalue weighted by atomic mass is 9.94. The first-order valence-corrected chi connectivity index (χ1v) is 4.64. The van der Waals surface area contributed by atoms with Crippen molar-refractivity contribution < 1.29 is 4.79 Å². The molecular weight excluding hydrogens is 168 g/mol. The third-order valence-electron chi connectivity index (χ3n) is 2.40. The van der Waals surface area contributed by atoms with Crippen LogP contribution >= 0.6 is 0 Å². The van der Waals surface area contributed by atoms with Gasteiger partial charge in [0, 0.05) is 6.42 Å². The maximum absolute atomic E-state index is 11.2. The van der Waals surface area contributed by atoms with Crippen molar-refractivity contribution in [3.8, 4) is 0 Å². The summed E-state index contributed by atoms with van der Waals surface area (Å²) in [6.45, 7) is 1.80. The van der Waals surface area contributed by atoms with E-state index < -0.39 is 0 Å². The smallest absolute Gasteiger partial charge is 0.240 e. The molecule has 0 spiro atoms. The fourth-order valence-electron chi connectivity index (χ4n) is 1.27. The Morgan fingerprint density at radius 1 is 1.62 bits per heavy atom. The van der Waals surface area contributed by atoms with Gasteiger partial charge < -0.3 is 0 Å². The summed E-state index contributed by atoms with van der Waals surface area (Å²) in [6, 6.07) is 0.380. The number of carbonyl (C=O) groups is 1. The summed E-state index contributed by atoms with van der Waals surface area (Å²) in [7, 11) is 0. The first-order chi connectivity index (χ1) is 6.31. The van der Waals surface area contributed by atoms with E-state index in [1.165, 1.54) is 6.42 Å². The molecule has 1 fully saturated rings. The predicted molar refractivity (Wildman–Crippen MR) is 45.3 cm³/mol. The normalized spacial score (nSPS) is 17.0. The van der Waals surface area contributed by atoms with Gasteiger partial charge in [0.1, 0.15) is 0 Å². The minimum Gasteiger partial charge on any atom is -0.291 e. The van der Waals surface area contributed by atoms with E-state index in [-0.39, 0.29) is 11.6 Å². The Kier molecular flexibility index (Phi) is 2.08. The van der Waals surface area contributed by atoms with E-state index in [2.05, 4.69) is 15.4 Å². The summed E-state index contributed by atoms with van der Waals surface area (Å²) in [5.74, 6) is 0.222. The van der Waals surface area contributed by atoms with Gasteiger partial charge in [0.25, 0.3) is 0 Å². The Labute approximate surface area is 76.1 Å². The largest absolute Gasteiger partial charge is 0.291 e. The van der Waals surface area contributed by atoms with Crippen molar-refractivity contribution in [1.29, 1.82) is 0 Å². The van der Waals surface area contributed by atoms with Gasteiger partial charge in [0.05, 0.1) is 6.04 Å². The molecule has 1 aromatic rings. The minimum atomic E-state index is -0.0365. The second-order valence-corrected chi connectivity index (χ2v) is 3.29. The summed E-state index contributed by atoms with van der Waals surface area (Å²) >= 11 is 0. The molecule has 13 heavy (non-hydrogen) atoms. The van der Waals surface area contributed by atoms with Crippen molar-refractivity contribution in [2.75, 3.05) is 0 Å². The minimum absolute atomic E-state index is 0.0365. The van der Waals surface area contributed by atoms with Gasteiger partial charge in [-0.1, -0.05) is 6.92 Å². The van der Waals surface area contributed by atoms with Crippen molar-refractivity contribution in [3.63, 3.8) is 0 Å². The van der Waals surface area contributed by atoms with Gasteiger partial charge in [0.15, 0.2) is 0 Å². The van der Waals surface area contributed by atoms with Crippen molar-refractivity contribution in [1.82, 2.24) is 20.2 Å². The second kappa shape index (κ2) is 3.24. The molecule has 5 nitrogen and oxygen atoms in total. The van der Waals surface area contributed by atoms with E-state index in [9.17, 15) is 4.79 Å². The zero-order valence-electron chi connectivity index (χ0n) is 7.60. The molecule has 0 aliphatic heterocycles. The first kappa shape index (κ1) is 8.34. The molecule has 2 rings (SSSR count). The molecule has 0 amide bonds. The number of hydrogen-bond acceptors (Lipinski definition) is 4. The van der Waals surface area contributed by atoms with Crippen molar-refractivity contribution >= 4 is 5.78 Å². The highest BCUT2D eigenvalue weighted by atomic mass is 16.1. The van der Waals surface area contributed by atoms with Gasteiger partial charge >= 0.3 is 0 Å². The zero-order chi connectivity index (χ0) is 9.26. The molecule has 5 heteroatoms. The summed E-state index contributed by atoms with van der Waals surface area (Å²) < 4.78 is 0. The number of ketones is 1. The number of nitrogens with zero attached hydrogens (tertiary/aromatic N) is 4. The summed E-state index contributed by atoms with van der Waals surface area (Å²) in [6.07, 6.45) is 3.88. The predicted octanol–water partition coefficient (Wildman–Crippen LogP) is 0.991. The van der Waals surface area contributed by atoms with Crippen molar-refractivity contribution in [2.24, 2.45) is 0 Å². The summed E-state index contributed by atoms with van der Waals surface area (Å²) in [4.78, 5) is 12.8. The van der Waals surface area contributed by atoms with E-state index in [1.54, 1.807) is 11.7 Å². The van der Waals surface area contributed by atoms with Crippen LogP contribution in [0.25, 0.3) is 0 Å². The number of hydrogen-bond donors (Lipinski definition) is 0. The molecule has 1 saturated carbocycles. The lowest BCUT2D eigenvalue weighted by Crippen LogP contribution is -2.19. The van der Waals surface area contributed by atoms with E-state index in [1.807, 2.05) is 0 Å². The Hall–Kier alpha value is -1.26. The maximum Gasteiger partial charge on any atom is 0.240 e. The highest BCUT2D eigenvalue weighted by Crippen LogP contribution is 2.29. The Bertz CT molecular complexity index is 316. The standard InChI is InChI=1S/C8H12N4O/c1-2-7(13)8-9-11-12(10-8)6-4-3-5-6/h6H,2-5H2,1H3. The molecule has 0 bridgehead atoms. The van der Waals surface area contributed by atoms with E-state index in [0.29, 0.717) is 12.5 Å². The van der Waals surface area contributed by atoms with E-state index in [4.69, 9.17) is 0 Å². The third-order valence-corrected chi connectivity index (χ3v) is 2.40. The maximum atomic E-state index is 11.2. The van der Waals surface area contributed by atoms with Crippen LogP contribution in [0.15, 0.2) is 0 Å². The van der Waals surface area contributed by atoms with Gasteiger partial charge in [-0.3, -0.25) is 4.79 Å². The quantitative estimate of drug-likeness (QED) is 0.651.